The molecular weight excluding hydrogens is 278 g/mol. The van der Waals surface area contributed by atoms with Crippen LogP contribution in [-0.4, -0.2) is 18.1 Å². The summed E-state index contributed by atoms with van der Waals surface area (Å²) < 4.78 is 0. The highest BCUT2D eigenvalue weighted by Crippen LogP contribution is 2.47. The normalized spacial score (nSPS) is 25.5. The lowest BCUT2D eigenvalue weighted by atomic mass is 9.68. The number of nitrogens with zero attached hydrogens (tertiary/aromatic N) is 2. The van der Waals surface area contributed by atoms with Crippen molar-refractivity contribution >= 4 is 16.5 Å². The van der Waals surface area contributed by atoms with E-state index in [1.807, 2.05) is 11.3 Å². The molecule has 21 heavy (non-hydrogen) atoms. The number of hydrogen-bond donors (Lipinski definition) is 1. The second-order valence-electron chi connectivity index (χ2n) is 7.33. The Morgan fingerprint density at radius 3 is 2.43 bits per heavy atom. The van der Waals surface area contributed by atoms with Gasteiger partial charge in [0.15, 0.2) is 5.13 Å². The van der Waals surface area contributed by atoms with E-state index in [4.69, 9.17) is 10.7 Å². The smallest absolute Gasteiger partial charge is 0.185 e. The highest BCUT2D eigenvalue weighted by Gasteiger charge is 2.37. The van der Waals surface area contributed by atoms with Crippen LogP contribution in [0, 0.1) is 5.41 Å². The molecule has 0 unspecified atom stereocenters. The zero-order valence-electron chi connectivity index (χ0n) is 12.9. The summed E-state index contributed by atoms with van der Waals surface area (Å²) in [5, 5.41) is 1.25. The first-order valence-corrected chi connectivity index (χ1v) is 9.56. The van der Waals surface area contributed by atoms with E-state index < -0.39 is 0 Å². The number of anilines is 1. The summed E-state index contributed by atoms with van der Waals surface area (Å²) in [4.78, 5) is 8.84. The molecule has 3 nitrogen and oxygen atoms in total. The van der Waals surface area contributed by atoms with E-state index in [2.05, 4.69) is 4.90 Å². The molecule has 0 radical (unpaired) electrons. The maximum absolute atomic E-state index is 5.92. The van der Waals surface area contributed by atoms with Crippen LogP contribution >= 0.6 is 11.3 Å². The number of hydrogen-bond acceptors (Lipinski definition) is 4. The molecule has 1 spiro atoms. The van der Waals surface area contributed by atoms with E-state index in [0.717, 1.165) is 5.92 Å². The van der Waals surface area contributed by atoms with Crippen molar-refractivity contribution in [3.63, 3.8) is 0 Å². The quantitative estimate of drug-likeness (QED) is 0.916. The zero-order valence-corrected chi connectivity index (χ0v) is 13.8. The minimum atomic E-state index is 0.668. The molecule has 1 saturated heterocycles. The molecule has 1 aromatic rings. The predicted octanol–water partition coefficient (Wildman–Crippen LogP) is 4.03. The van der Waals surface area contributed by atoms with Crippen LogP contribution in [0.1, 0.15) is 74.3 Å². The molecular formula is C17H27N3S. The van der Waals surface area contributed by atoms with Gasteiger partial charge in [0.05, 0.1) is 5.69 Å². The predicted molar refractivity (Wildman–Crippen MR) is 88.9 cm³/mol. The molecule has 1 aliphatic heterocycles. The summed E-state index contributed by atoms with van der Waals surface area (Å²) >= 11 is 1.86. The first kappa shape index (κ1) is 14.0. The van der Waals surface area contributed by atoms with E-state index >= 15 is 0 Å². The minimum Gasteiger partial charge on any atom is -0.348 e. The molecule has 4 rings (SSSR count). The third kappa shape index (κ3) is 2.72. The Labute approximate surface area is 131 Å². The number of nitrogens with two attached hydrogens (primary N) is 1. The fourth-order valence-corrected chi connectivity index (χ4v) is 5.36. The third-order valence-corrected chi connectivity index (χ3v) is 7.03. The Kier molecular flexibility index (Phi) is 3.70. The van der Waals surface area contributed by atoms with Crippen LogP contribution in [0.15, 0.2) is 0 Å². The van der Waals surface area contributed by atoms with Gasteiger partial charge in [0.25, 0.3) is 0 Å². The molecule has 4 heteroatoms. The van der Waals surface area contributed by atoms with Gasteiger partial charge in [-0.3, -0.25) is 0 Å². The molecule has 0 amide bonds. The second kappa shape index (κ2) is 5.54. The molecule has 0 aromatic carbocycles. The Morgan fingerprint density at radius 2 is 1.81 bits per heavy atom. The third-order valence-electron chi connectivity index (χ3n) is 5.87. The van der Waals surface area contributed by atoms with Crippen LogP contribution in [-0.2, 0) is 6.54 Å². The molecule has 0 bridgehead atoms. The topological polar surface area (TPSA) is 42.1 Å². The molecule has 3 aliphatic rings. The molecule has 3 fully saturated rings. The van der Waals surface area contributed by atoms with Crippen molar-refractivity contribution in [2.24, 2.45) is 11.1 Å². The van der Waals surface area contributed by atoms with Gasteiger partial charge in [-0.05, 0) is 43.9 Å². The Bertz CT molecular complexity index is 490. The molecule has 116 valence electrons. The molecule has 1 aromatic heterocycles. The maximum Gasteiger partial charge on any atom is 0.185 e. The van der Waals surface area contributed by atoms with Crippen molar-refractivity contribution in [1.29, 1.82) is 0 Å². The van der Waals surface area contributed by atoms with Gasteiger partial charge in [-0.15, -0.1) is 11.3 Å². The highest BCUT2D eigenvalue weighted by atomic mass is 32.1. The van der Waals surface area contributed by atoms with Gasteiger partial charge in [-0.2, -0.15) is 0 Å². The average molecular weight is 305 g/mol. The van der Waals surface area contributed by atoms with E-state index in [-0.39, 0.29) is 0 Å². The SMILES string of the molecule is NCc1sc(N2CCC3(CCCCC3)CC2)nc1C1CC1. The Hall–Kier alpha value is -0.610. The Balaban J connectivity index is 1.46. The lowest BCUT2D eigenvalue weighted by Crippen LogP contribution is -2.41. The molecule has 2 N–H and O–H groups in total. The summed E-state index contributed by atoms with van der Waals surface area (Å²) in [5.41, 5.74) is 7.93. The van der Waals surface area contributed by atoms with E-state index in [1.165, 1.54) is 86.6 Å². The van der Waals surface area contributed by atoms with Crippen LogP contribution in [0.2, 0.25) is 0 Å². The molecule has 0 atom stereocenters. The van der Waals surface area contributed by atoms with Gasteiger partial charge in [0.1, 0.15) is 0 Å². The molecule has 2 aliphatic carbocycles. The number of aromatic nitrogens is 1. The zero-order chi connectivity index (χ0) is 14.3. The fraction of sp³-hybridized carbons (Fsp3) is 0.824. The maximum atomic E-state index is 5.92. The van der Waals surface area contributed by atoms with Gasteiger partial charge < -0.3 is 10.6 Å². The number of thiazole rings is 1. The lowest BCUT2D eigenvalue weighted by molar-refractivity contribution is 0.144. The van der Waals surface area contributed by atoms with Crippen molar-refractivity contribution < 1.29 is 0 Å². The minimum absolute atomic E-state index is 0.668. The van der Waals surface area contributed by atoms with Gasteiger partial charge >= 0.3 is 0 Å². The van der Waals surface area contributed by atoms with Crippen LogP contribution in [0.4, 0.5) is 5.13 Å². The van der Waals surface area contributed by atoms with Gasteiger partial charge in [0.2, 0.25) is 0 Å². The first-order chi connectivity index (χ1) is 10.3. The van der Waals surface area contributed by atoms with Crippen molar-refractivity contribution in [2.75, 3.05) is 18.0 Å². The largest absolute Gasteiger partial charge is 0.348 e. The second-order valence-corrected chi connectivity index (χ2v) is 8.39. The van der Waals surface area contributed by atoms with Crippen molar-refractivity contribution in [2.45, 2.75) is 70.3 Å². The summed E-state index contributed by atoms with van der Waals surface area (Å²) in [7, 11) is 0. The summed E-state index contributed by atoms with van der Waals surface area (Å²) in [6, 6.07) is 0. The highest BCUT2D eigenvalue weighted by molar-refractivity contribution is 7.15. The number of rotatable bonds is 3. The van der Waals surface area contributed by atoms with Crippen LogP contribution in [0.25, 0.3) is 0 Å². The van der Waals surface area contributed by atoms with Crippen LogP contribution < -0.4 is 10.6 Å². The molecule has 2 heterocycles. The average Bonchev–Trinajstić information content (AvgIpc) is 3.28. The standard InChI is InChI=1S/C17H27N3S/c18-12-14-15(13-4-5-13)19-16(21-14)20-10-8-17(9-11-20)6-2-1-3-7-17/h13H,1-12,18H2. The van der Waals surface area contributed by atoms with Gasteiger partial charge in [-0.25, -0.2) is 4.98 Å². The Morgan fingerprint density at radius 1 is 1.10 bits per heavy atom. The van der Waals surface area contributed by atoms with Crippen molar-refractivity contribution in [1.82, 2.24) is 4.98 Å². The number of piperidine rings is 1. The fourth-order valence-electron chi connectivity index (χ4n) is 4.28. The first-order valence-electron chi connectivity index (χ1n) is 8.74. The van der Waals surface area contributed by atoms with Crippen LogP contribution in [0.3, 0.4) is 0 Å². The van der Waals surface area contributed by atoms with E-state index in [9.17, 15) is 0 Å². The summed E-state index contributed by atoms with van der Waals surface area (Å²) in [6.07, 6.45) is 12.7. The van der Waals surface area contributed by atoms with Crippen LogP contribution in [0.5, 0.6) is 0 Å². The van der Waals surface area contributed by atoms with Crippen molar-refractivity contribution in [3.05, 3.63) is 10.6 Å². The summed E-state index contributed by atoms with van der Waals surface area (Å²) in [5.74, 6) is 0.725. The van der Waals surface area contributed by atoms with Gasteiger partial charge in [-0.1, -0.05) is 19.3 Å². The van der Waals surface area contributed by atoms with E-state index in [1.54, 1.807) is 0 Å². The lowest BCUT2D eigenvalue weighted by Gasteiger charge is -2.44. The van der Waals surface area contributed by atoms with Gasteiger partial charge in [0, 0.05) is 30.4 Å². The van der Waals surface area contributed by atoms with Crippen molar-refractivity contribution in [3.8, 4) is 0 Å². The molecule has 2 saturated carbocycles. The van der Waals surface area contributed by atoms with E-state index in [0.29, 0.717) is 12.0 Å². The monoisotopic (exact) mass is 305 g/mol. The summed E-state index contributed by atoms with van der Waals surface area (Å²) in [6.45, 7) is 3.09.